The van der Waals surface area contributed by atoms with Crippen LogP contribution in [0.15, 0.2) is 90.9 Å². The van der Waals surface area contributed by atoms with Gasteiger partial charge in [0.25, 0.3) is 0 Å². The number of nitrogens with zero attached hydrogens (tertiary/aromatic N) is 1. The second-order valence-electron chi connectivity index (χ2n) is 6.46. The van der Waals surface area contributed by atoms with E-state index in [-0.39, 0.29) is 0 Å². The fraction of sp³-hybridized carbons (Fsp3) is 0.0435. The largest absolute Gasteiger partial charge is 0.487 e. The molecule has 3 aromatic rings. The molecule has 1 aliphatic rings. The Kier molecular flexibility index (Phi) is 6.51. The summed E-state index contributed by atoms with van der Waals surface area (Å²) >= 11 is 10.5. The van der Waals surface area contributed by atoms with Gasteiger partial charge in [-0.05, 0) is 51.8 Å². The van der Waals surface area contributed by atoms with Gasteiger partial charge >= 0.3 is 5.97 Å². The van der Waals surface area contributed by atoms with Gasteiger partial charge in [-0.25, -0.2) is 4.79 Å². The van der Waals surface area contributed by atoms with Gasteiger partial charge in [-0.15, -0.1) is 0 Å². The van der Waals surface area contributed by atoms with Gasteiger partial charge in [-0.3, -0.25) is 0 Å². The third-order valence-electron chi connectivity index (χ3n) is 4.38. The Morgan fingerprint density at radius 3 is 2.40 bits per heavy atom. The number of hydrogen-bond acceptors (Lipinski definition) is 4. The molecule has 0 fully saturated rings. The van der Waals surface area contributed by atoms with E-state index in [4.69, 9.17) is 9.57 Å². The van der Waals surface area contributed by atoms with Gasteiger partial charge in [-0.1, -0.05) is 79.5 Å². The van der Waals surface area contributed by atoms with E-state index in [1.54, 1.807) is 6.08 Å². The van der Waals surface area contributed by atoms with E-state index in [1.807, 2.05) is 66.7 Å². The Hall–Kier alpha value is -2.22. The minimum absolute atomic E-state index is 0.375. The highest BCUT2D eigenvalue weighted by atomic mass is 79.9. The molecule has 0 spiro atoms. The van der Waals surface area contributed by atoms with E-state index in [0.29, 0.717) is 23.6 Å². The molecule has 0 aromatic heterocycles. The second kappa shape index (κ2) is 9.29. The van der Waals surface area contributed by atoms with Crippen molar-refractivity contribution in [3.8, 4) is 5.75 Å². The predicted molar refractivity (Wildman–Crippen MR) is 127 cm³/mol. The lowest BCUT2D eigenvalue weighted by molar-refractivity contribution is -0.136. The highest BCUT2D eigenvalue weighted by Crippen LogP contribution is 2.36. The summed E-state index contributed by atoms with van der Waals surface area (Å²) in [5.74, 6) is 0.129. The van der Waals surface area contributed by atoms with E-state index in [0.717, 1.165) is 30.1 Å². The fourth-order valence-electron chi connectivity index (χ4n) is 2.95. The topological polar surface area (TPSA) is 47.9 Å². The molecule has 0 saturated heterocycles. The minimum Gasteiger partial charge on any atom is -0.487 e. The Bertz CT molecular complexity index is 1160. The average molecular weight is 592 g/mol. The van der Waals surface area contributed by atoms with Crippen molar-refractivity contribution in [3.05, 3.63) is 102 Å². The van der Waals surface area contributed by atoms with E-state index in [1.165, 1.54) is 0 Å². The van der Waals surface area contributed by atoms with Crippen LogP contribution in [0, 0.1) is 0 Å². The van der Waals surface area contributed by atoms with Crippen molar-refractivity contribution < 1.29 is 14.4 Å². The Balaban J connectivity index is 1.70. The SMILES string of the molecule is O=C1ON=C(c2ccccc2)/C1=C/c1cc(Br)cc(Br)c1OCc1ccc(Br)cc1. The first-order chi connectivity index (χ1) is 14.5. The van der Waals surface area contributed by atoms with Crippen molar-refractivity contribution in [2.24, 2.45) is 5.16 Å². The summed E-state index contributed by atoms with van der Waals surface area (Å²) in [5.41, 5.74) is 3.43. The normalized spacial score (nSPS) is 14.6. The van der Waals surface area contributed by atoms with Crippen LogP contribution in [0.25, 0.3) is 6.08 Å². The summed E-state index contributed by atoms with van der Waals surface area (Å²) in [5, 5.41) is 3.97. The molecular formula is C23H14Br3NO3. The summed E-state index contributed by atoms with van der Waals surface area (Å²) in [6.07, 6.45) is 1.74. The lowest BCUT2D eigenvalue weighted by Gasteiger charge is -2.13. The number of halogens is 3. The van der Waals surface area contributed by atoms with E-state index in [9.17, 15) is 4.79 Å². The molecule has 0 saturated carbocycles. The first-order valence-corrected chi connectivity index (χ1v) is 11.3. The number of carbonyl (C=O) groups is 1. The number of ether oxygens (including phenoxy) is 1. The average Bonchev–Trinajstić information content (AvgIpc) is 3.09. The molecule has 1 aliphatic heterocycles. The van der Waals surface area contributed by atoms with Gasteiger partial charge in [0.15, 0.2) is 0 Å². The van der Waals surface area contributed by atoms with Gasteiger partial charge in [-0.2, -0.15) is 0 Å². The zero-order valence-corrected chi connectivity index (χ0v) is 20.2. The second-order valence-corrected chi connectivity index (χ2v) is 9.15. The maximum atomic E-state index is 12.4. The number of oxime groups is 1. The molecule has 0 unspecified atom stereocenters. The smallest absolute Gasteiger partial charge is 0.368 e. The quantitative estimate of drug-likeness (QED) is 0.240. The lowest BCUT2D eigenvalue weighted by atomic mass is 10.0. The first-order valence-electron chi connectivity index (χ1n) is 8.94. The van der Waals surface area contributed by atoms with Gasteiger partial charge in [0.2, 0.25) is 0 Å². The van der Waals surface area contributed by atoms with E-state index in [2.05, 4.69) is 52.9 Å². The van der Waals surface area contributed by atoms with Crippen LogP contribution in [0.3, 0.4) is 0 Å². The van der Waals surface area contributed by atoms with Crippen LogP contribution >= 0.6 is 47.8 Å². The summed E-state index contributed by atoms with van der Waals surface area (Å²) < 4.78 is 8.74. The van der Waals surface area contributed by atoms with Crippen molar-refractivity contribution in [1.82, 2.24) is 0 Å². The minimum atomic E-state index is -0.496. The Morgan fingerprint density at radius 1 is 0.933 bits per heavy atom. The monoisotopic (exact) mass is 589 g/mol. The number of carbonyl (C=O) groups excluding carboxylic acids is 1. The molecule has 7 heteroatoms. The molecule has 0 radical (unpaired) electrons. The highest BCUT2D eigenvalue weighted by Gasteiger charge is 2.27. The molecule has 0 N–H and O–H groups in total. The third-order valence-corrected chi connectivity index (χ3v) is 5.95. The van der Waals surface area contributed by atoms with Crippen molar-refractivity contribution in [2.45, 2.75) is 6.61 Å². The molecular weight excluding hydrogens is 578 g/mol. The maximum Gasteiger partial charge on any atom is 0.368 e. The highest BCUT2D eigenvalue weighted by molar-refractivity contribution is 9.11. The van der Waals surface area contributed by atoms with Gasteiger partial charge in [0.05, 0.1) is 10.0 Å². The number of benzene rings is 3. The van der Waals surface area contributed by atoms with E-state index >= 15 is 0 Å². The molecule has 0 aliphatic carbocycles. The van der Waals surface area contributed by atoms with Gasteiger partial charge < -0.3 is 9.57 Å². The van der Waals surface area contributed by atoms with Crippen LogP contribution in [0.5, 0.6) is 5.75 Å². The standard InChI is InChI=1S/C23H14Br3NO3/c24-17-8-6-14(7-9-17)13-29-22-16(10-18(25)12-20(22)26)11-19-21(27-30-23(19)28)15-4-2-1-3-5-15/h1-12H,13H2/b19-11-. The van der Waals surface area contributed by atoms with Crippen LogP contribution < -0.4 is 4.74 Å². The molecule has 1 heterocycles. The summed E-state index contributed by atoms with van der Waals surface area (Å²) in [6, 6.07) is 21.2. The molecule has 3 aromatic carbocycles. The fourth-order valence-corrected chi connectivity index (χ4v) is 4.58. The van der Waals surface area contributed by atoms with Crippen LogP contribution in [0.4, 0.5) is 0 Å². The van der Waals surface area contributed by atoms with Crippen molar-refractivity contribution in [1.29, 1.82) is 0 Å². The number of rotatable bonds is 5. The molecule has 0 atom stereocenters. The molecule has 0 amide bonds. The van der Waals surface area contributed by atoms with Crippen LogP contribution in [0.2, 0.25) is 0 Å². The zero-order chi connectivity index (χ0) is 21.1. The Labute approximate surface area is 199 Å². The van der Waals surface area contributed by atoms with Crippen LogP contribution in [-0.4, -0.2) is 11.7 Å². The van der Waals surface area contributed by atoms with Crippen molar-refractivity contribution in [2.75, 3.05) is 0 Å². The lowest BCUT2D eigenvalue weighted by Crippen LogP contribution is -2.07. The number of hydrogen-bond donors (Lipinski definition) is 0. The van der Waals surface area contributed by atoms with Gasteiger partial charge in [0, 0.05) is 20.1 Å². The zero-order valence-electron chi connectivity index (χ0n) is 15.4. The molecule has 0 bridgehead atoms. The summed E-state index contributed by atoms with van der Waals surface area (Å²) in [4.78, 5) is 17.3. The molecule has 30 heavy (non-hydrogen) atoms. The van der Waals surface area contributed by atoms with Gasteiger partial charge in [0.1, 0.15) is 18.1 Å². The first kappa shape index (κ1) is 21.0. The van der Waals surface area contributed by atoms with Crippen molar-refractivity contribution in [3.63, 3.8) is 0 Å². The molecule has 150 valence electrons. The molecule has 4 rings (SSSR count). The third kappa shape index (κ3) is 4.74. The predicted octanol–water partition coefficient (Wildman–Crippen LogP) is 6.90. The summed E-state index contributed by atoms with van der Waals surface area (Å²) in [6.45, 7) is 0.383. The maximum absolute atomic E-state index is 12.4. The van der Waals surface area contributed by atoms with Crippen molar-refractivity contribution >= 4 is 65.5 Å². The van der Waals surface area contributed by atoms with E-state index < -0.39 is 5.97 Å². The van der Waals surface area contributed by atoms with Crippen LogP contribution in [0.1, 0.15) is 16.7 Å². The summed E-state index contributed by atoms with van der Waals surface area (Å²) in [7, 11) is 0. The Morgan fingerprint density at radius 2 is 1.67 bits per heavy atom. The molecule has 4 nitrogen and oxygen atoms in total. The van der Waals surface area contributed by atoms with Crippen LogP contribution in [-0.2, 0) is 16.2 Å².